The van der Waals surface area contributed by atoms with Crippen molar-refractivity contribution < 1.29 is 23.9 Å². The summed E-state index contributed by atoms with van der Waals surface area (Å²) in [4.78, 5) is 36.4. The highest BCUT2D eigenvalue weighted by molar-refractivity contribution is 5.87. The zero-order valence-electron chi connectivity index (χ0n) is 16.1. The molecule has 2 unspecified atom stereocenters. The molecule has 1 fully saturated rings. The number of esters is 2. The fourth-order valence-corrected chi connectivity index (χ4v) is 3.43. The van der Waals surface area contributed by atoms with Crippen LogP contribution in [0.15, 0.2) is 30.3 Å². The van der Waals surface area contributed by atoms with Gasteiger partial charge in [-0.05, 0) is 38.3 Å². The average molecular weight is 376 g/mol. The second kappa shape index (κ2) is 10.1. The lowest BCUT2D eigenvalue weighted by molar-refractivity contribution is -0.156. The number of methoxy groups -OCH3 is 1. The van der Waals surface area contributed by atoms with E-state index < -0.39 is 24.1 Å². The number of hydrogen-bond donors (Lipinski definition) is 2. The van der Waals surface area contributed by atoms with Gasteiger partial charge in [0.2, 0.25) is 5.91 Å². The third-order valence-electron chi connectivity index (χ3n) is 4.79. The fraction of sp³-hybridized carbons (Fsp3) is 0.550. The standard InChI is InChI=1S/C20H28N2O5/c1-13(27-14(2)23)18(20(25)26-3)22-19(24)16(17-10-7-11-21-17)12-15-8-5-4-6-9-15/h4-6,8-9,13,16-18,21H,7,10-12H2,1-3H3,(H,22,24)/t13-,16?,17?,18+/m1/s1. The summed E-state index contributed by atoms with van der Waals surface area (Å²) in [5, 5.41) is 6.11. The SMILES string of the molecule is COC(=O)[C@@H](NC(=O)C(Cc1ccccc1)C1CCCN1)[C@@H](C)OC(C)=O. The molecule has 1 aliphatic rings. The summed E-state index contributed by atoms with van der Waals surface area (Å²) >= 11 is 0. The molecule has 1 saturated heterocycles. The monoisotopic (exact) mass is 376 g/mol. The van der Waals surface area contributed by atoms with E-state index in [9.17, 15) is 14.4 Å². The maximum Gasteiger partial charge on any atom is 0.332 e. The molecule has 1 amide bonds. The minimum Gasteiger partial charge on any atom is -0.467 e. The minimum atomic E-state index is -1.05. The van der Waals surface area contributed by atoms with E-state index in [2.05, 4.69) is 10.6 Å². The number of amides is 1. The number of carbonyl (C=O) groups is 3. The van der Waals surface area contributed by atoms with Crippen LogP contribution in [0.1, 0.15) is 32.3 Å². The zero-order chi connectivity index (χ0) is 19.8. The summed E-state index contributed by atoms with van der Waals surface area (Å²) in [5.74, 6) is -1.77. The molecular weight excluding hydrogens is 348 g/mol. The first-order valence-electron chi connectivity index (χ1n) is 9.25. The Hall–Kier alpha value is -2.41. The van der Waals surface area contributed by atoms with Gasteiger partial charge in [-0.2, -0.15) is 0 Å². The molecule has 7 heteroatoms. The Labute approximate surface area is 159 Å². The summed E-state index contributed by atoms with van der Waals surface area (Å²) in [6.07, 6.45) is 1.63. The first-order chi connectivity index (χ1) is 12.9. The van der Waals surface area contributed by atoms with Crippen molar-refractivity contribution in [1.29, 1.82) is 0 Å². The Bertz CT molecular complexity index is 643. The van der Waals surface area contributed by atoms with Gasteiger partial charge in [0, 0.05) is 13.0 Å². The molecule has 7 nitrogen and oxygen atoms in total. The van der Waals surface area contributed by atoms with Crippen LogP contribution in [0, 0.1) is 5.92 Å². The summed E-state index contributed by atoms with van der Waals surface area (Å²) in [6, 6.07) is 8.75. The molecule has 0 aromatic heterocycles. The number of nitrogens with one attached hydrogen (secondary N) is 2. The molecule has 0 aliphatic carbocycles. The maximum absolute atomic E-state index is 13.1. The van der Waals surface area contributed by atoms with E-state index >= 15 is 0 Å². The average Bonchev–Trinajstić information content (AvgIpc) is 3.18. The molecule has 148 valence electrons. The van der Waals surface area contributed by atoms with Gasteiger partial charge in [0.15, 0.2) is 6.04 Å². The highest BCUT2D eigenvalue weighted by atomic mass is 16.6. The van der Waals surface area contributed by atoms with Crippen LogP contribution >= 0.6 is 0 Å². The lowest BCUT2D eigenvalue weighted by Crippen LogP contribution is -2.53. The van der Waals surface area contributed by atoms with Crippen LogP contribution in [0.2, 0.25) is 0 Å². The van der Waals surface area contributed by atoms with Gasteiger partial charge in [0.1, 0.15) is 6.10 Å². The van der Waals surface area contributed by atoms with E-state index in [0.29, 0.717) is 6.42 Å². The molecule has 4 atom stereocenters. The van der Waals surface area contributed by atoms with Crippen LogP contribution in [0.5, 0.6) is 0 Å². The Morgan fingerprint density at radius 2 is 1.96 bits per heavy atom. The maximum atomic E-state index is 13.1. The summed E-state index contributed by atoms with van der Waals surface area (Å²) in [7, 11) is 1.24. The quantitative estimate of drug-likeness (QED) is 0.663. The molecule has 1 aromatic rings. The lowest BCUT2D eigenvalue weighted by Gasteiger charge is -2.28. The van der Waals surface area contributed by atoms with Crippen molar-refractivity contribution >= 4 is 17.8 Å². The van der Waals surface area contributed by atoms with E-state index in [1.807, 2.05) is 30.3 Å². The Morgan fingerprint density at radius 1 is 1.26 bits per heavy atom. The predicted octanol–water partition coefficient (Wildman–Crippen LogP) is 1.21. The van der Waals surface area contributed by atoms with Crippen molar-refractivity contribution in [2.75, 3.05) is 13.7 Å². The molecule has 0 bridgehead atoms. The van der Waals surface area contributed by atoms with Crippen LogP contribution in [-0.4, -0.2) is 49.7 Å². The Morgan fingerprint density at radius 3 is 2.52 bits per heavy atom. The van der Waals surface area contributed by atoms with Crippen molar-refractivity contribution in [2.45, 2.75) is 51.3 Å². The smallest absolute Gasteiger partial charge is 0.332 e. The third kappa shape index (κ3) is 6.06. The first kappa shape index (κ1) is 20.9. The normalized spacial score (nSPS) is 19.6. The zero-order valence-corrected chi connectivity index (χ0v) is 16.1. The number of benzene rings is 1. The summed E-state index contributed by atoms with van der Waals surface area (Å²) in [5.41, 5.74) is 1.05. The van der Waals surface area contributed by atoms with Crippen LogP contribution in [0.3, 0.4) is 0 Å². The van der Waals surface area contributed by atoms with E-state index in [1.54, 1.807) is 6.92 Å². The Balaban J connectivity index is 2.16. The summed E-state index contributed by atoms with van der Waals surface area (Å²) < 4.78 is 9.87. The first-order valence-corrected chi connectivity index (χ1v) is 9.25. The minimum absolute atomic E-state index is 0.0348. The molecule has 0 radical (unpaired) electrons. The van der Waals surface area contributed by atoms with Crippen molar-refractivity contribution in [2.24, 2.45) is 5.92 Å². The molecule has 2 rings (SSSR count). The third-order valence-corrected chi connectivity index (χ3v) is 4.79. The number of ether oxygens (including phenoxy) is 2. The van der Waals surface area contributed by atoms with E-state index in [4.69, 9.17) is 9.47 Å². The van der Waals surface area contributed by atoms with E-state index in [0.717, 1.165) is 24.9 Å². The lowest BCUT2D eigenvalue weighted by atomic mass is 9.90. The van der Waals surface area contributed by atoms with Crippen LogP contribution < -0.4 is 10.6 Å². The fourth-order valence-electron chi connectivity index (χ4n) is 3.43. The topological polar surface area (TPSA) is 93.7 Å². The second-order valence-corrected chi connectivity index (χ2v) is 6.82. The molecule has 1 heterocycles. The molecule has 0 saturated carbocycles. The Kier molecular flexibility index (Phi) is 7.79. The van der Waals surface area contributed by atoms with E-state index in [1.165, 1.54) is 14.0 Å². The largest absolute Gasteiger partial charge is 0.467 e. The molecule has 1 aliphatic heterocycles. The number of carbonyl (C=O) groups excluding carboxylic acids is 3. The number of hydrogen-bond acceptors (Lipinski definition) is 6. The molecule has 2 N–H and O–H groups in total. The highest BCUT2D eigenvalue weighted by Gasteiger charge is 2.36. The van der Waals surface area contributed by atoms with Gasteiger partial charge in [-0.3, -0.25) is 9.59 Å². The molecule has 27 heavy (non-hydrogen) atoms. The van der Waals surface area contributed by atoms with Gasteiger partial charge < -0.3 is 20.1 Å². The molecular formula is C20H28N2O5. The molecule has 1 aromatic carbocycles. The molecule has 0 spiro atoms. The van der Waals surface area contributed by atoms with Crippen LogP contribution in [0.25, 0.3) is 0 Å². The van der Waals surface area contributed by atoms with Crippen molar-refractivity contribution in [3.8, 4) is 0 Å². The van der Waals surface area contributed by atoms with Crippen molar-refractivity contribution in [3.05, 3.63) is 35.9 Å². The van der Waals surface area contributed by atoms with Gasteiger partial charge in [-0.15, -0.1) is 0 Å². The number of rotatable bonds is 8. The second-order valence-electron chi connectivity index (χ2n) is 6.82. The van der Waals surface area contributed by atoms with Crippen LogP contribution in [0.4, 0.5) is 0 Å². The van der Waals surface area contributed by atoms with Gasteiger partial charge in [0.05, 0.1) is 13.0 Å². The highest BCUT2D eigenvalue weighted by Crippen LogP contribution is 2.20. The van der Waals surface area contributed by atoms with Gasteiger partial charge >= 0.3 is 11.9 Å². The van der Waals surface area contributed by atoms with Crippen molar-refractivity contribution in [3.63, 3.8) is 0 Å². The summed E-state index contributed by atoms with van der Waals surface area (Å²) in [6.45, 7) is 3.68. The van der Waals surface area contributed by atoms with E-state index in [-0.39, 0.29) is 17.9 Å². The van der Waals surface area contributed by atoms with Gasteiger partial charge in [-0.25, -0.2) is 4.79 Å². The predicted molar refractivity (Wildman–Crippen MR) is 99.8 cm³/mol. The van der Waals surface area contributed by atoms with Crippen molar-refractivity contribution in [1.82, 2.24) is 10.6 Å². The van der Waals surface area contributed by atoms with Crippen LogP contribution in [-0.2, 0) is 30.3 Å². The van der Waals surface area contributed by atoms with Gasteiger partial charge in [0.25, 0.3) is 0 Å². The van der Waals surface area contributed by atoms with Gasteiger partial charge in [-0.1, -0.05) is 30.3 Å².